The Morgan fingerprint density at radius 1 is 1.03 bits per heavy atom. The monoisotopic (exact) mass is 469 g/mol. The number of hydrogen-bond acceptors (Lipinski definition) is 8. The summed E-state index contributed by atoms with van der Waals surface area (Å²) < 4.78 is 7.26. The lowest BCUT2D eigenvalue weighted by Gasteiger charge is -2.28. The van der Waals surface area contributed by atoms with Crippen LogP contribution in [0.4, 0.5) is 17.3 Å². The second-order valence-corrected chi connectivity index (χ2v) is 8.85. The predicted octanol–water partition coefficient (Wildman–Crippen LogP) is 4.32. The van der Waals surface area contributed by atoms with E-state index in [4.69, 9.17) is 10.00 Å². The maximum atomic E-state index is 9.14. The number of benzene rings is 2. The molecule has 0 aliphatic carbocycles. The summed E-state index contributed by atoms with van der Waals surface area (Å²) in [6.45, 7) is 3.99. The molecule has 170 valence electrons. The van der Waals surface area contributed by atoms with E-state index in [1.807, 2.05) is 22.8 Å². The van der Waals surface area contributed by atoms with E-state index in [0.717, 1.165) is 47.5 Å². The maximum Gasteiger partial charge on any atom is 0.228 e. The van der Waals surface area contributed by atoms with E-state index in [9.17, 15) is 0 Å². The number of hydrogen-bond donors (Lipinski definition) is 1. The summed E-state index contributed by atoms with van der Waals surface area (Å²) in [5.74, 6) is 0.560. The maximum absolute atomic E-state index is 9.14. The molecule has 0 bridgehead atoms. The van der Waals surface area contributed by atoms with Crippen LogP contribution in [-0.2, 0) is 11.3 Å². The Morgan fingerprint density at radius 3 is 2.59 bits per heavy atom. The number of nitriles is 1. The first-order valence-corrected chi connectivity index (χ1v) is 11.8. The van der Waals surface area contributed by atoms with Crippen molar-refractivity contribution >= 4 is 29.1 Å². The molecule has 0 radical (unpaired) electrons. The Labute approximate surface area is 202 Å². The van der Waals surface area contributed by atoms with Crippen LogP contribution < -0.4 is 10.2 Å². The van der Waals surface area contributed by atoms with E-state index >= 15 is 0 Å². The molecule has 1 aliphatic heterocycles. The smallest absolute Gasteiger partial charge is 0.228 e. The first-order valence-electron chi connectivity index (χ1n) is 11.0. The molecule has 3 heterocycles. The molecular formula is C25H23N7OS. The first kappa shape index (κ1) is 21.9. The molecular weight excluding hydrogens is 446 g/mol. The van der Waals surface area contributed by atoms with Gasteiger partial charge in [-0.15, -0.1) is 0 Å². The van der Waals surface area contributed by atoms with Crippen molar-refractivity contribution in [3.05, 3.63) is 84.6 Å². The number of aromatic nitrogens is 4. The molecule has 5 rings (SSSR count). The third-order valence-electron chi connectivity index (χ3n) is 5.46. The lowest BCUT2D eigenvalue weighted by atomic mass is 10.2. The van der Waals surface area contributed by atoms with Crippen molar-refractivity contribution in [3.63, 3.8) is 0 Å². The molecule has 0 spiro atoms. The molecule has 1 saturated heterocycles. The molecule has 4 aromatic rings. The average Bonchev–Trinajstić information content (AvgIpc) is 3.33. The molecule has 8 nitrogen and oxygen atoms in total. The van der Waals surface area contributed by atoms with Crippen LogP contribution in [0.25, 0.3) is 0 Å². The average molecular weight is 470 g/mol. The number of nitrogens with one attached hydrogen (secondary N) is 1. The number of rotatable bonds is 7. The zero-order chi connectivity index (χ0) is 23.2. The highest BCUT2D eigenvalue weighted by atomic mass is 32.2. The SMILES string of the molecule is N#Cc1cncn1Cc1ccc(Sc2ccnc(Nc3ccc(N4CCOCC4)cc3)n2)cc1. The highest BCUT2D eigenvalue weighted by Gasteiger charge is 2.11. The lowest BCUT2D eigenvalue weighted by molar-refractivity contribution is 0.122. The van der Waals surface area contributed by atoms with Crippen LogP contribution in [0, 0.1) is 11.3 Å². The van der Waals surface area contributed by atoms with Crippen molar-refractivity contribution in [1.82, 2.24) is 19.5 Å². The molecule has 0 amide bonds. The van der Waals surface area contributed by atoms with Gasteiger partial charge in [-0.1, -0.05) is 23.9 Å². The Hall–Kier alpha value is -3.87. The number of nitrogens with zero attached hydrogens (tertiary/aromatic N) is 6. The zero-order valence-corrected chi connectivity index (χ0v) is 19.3. The lowest BCUT2D eigenvalue weighted by Crippen LogP contribution is -2.36. The van der Waals surface area contributed by atoms with Crippen LogP contribution in [0.2, 0.25) is 0 Å². The van der Waals surface area contributed by atoms with Gasteiger partial charge < -0.3 is 19.5 Å². The Balaban J connectivity index is 1.21. The van der Waals surface area contributed by atoms with E-state index in [1.165, 1.54) is 5.69 Å². The second kappa shape index (κ2) is 10.4. The molecule has 0 unspecified atom stereocenters. The molecule has 1 fully saturated rings. The van der Waals surface area contributed by atoms with Gasteiger partial charge in [-0.2, -0.15) is 5.26 Å². The van der Waals surface area contributed by atoms with E-state index in [2.05, 4.69) is 67.6 Å². The minimum absolute atomic E-state index is 0.551. The number of anilines is 3. The van der Waals surface area contributed by atoms with Gasteiger partial charge in [0.1, 0.15) is 16.8 Å². The van der Waals surface area contributed by atoms with Gasteiger partial charge in [0, 0.05) is 42.1 Å². The molecule has 1 N–H and O–H groups in total. The van der Waals surface area contributed by atoms with E-state index in [-0.39, 0.29) is 0 Å². The van der Waals surface area contributed by atoms with Crippen LogP contribution in [0.5, 0.6) is 0 Å². The summed E-state index contributed by atoms with van der Waals surface area (Å²) in [7, 11) is 0. The molecule has 2 aromatic heterocycles. The fourth-order valence-corrected chi connectivity index (χ4v) is 4.46. The normalized spacial score (nSPS) is 13.4. The van der Waals surface area contributed by atoms with Crippen LogP contribution in [0.15, 0.2) is 83.2 Å². The number of morpholine rings is 1. The van der Waals surface area contributed by atoms with Crippen LogP contribution >= 0.6 is 11.8 Å². The van der Waals surface area contributed by atoms with E-state index in [0.29, 0.717) is 18.2 Å². The molecule has 1 aliphatic rings. The van der Waals surface area contributed by atoms with Crippen LogP contribution in [0.3, 0.4) is 0 Å². The molecule has 9 heteroatoms. The zero-order valence-electron chi connectivity index (χ0n) is 18.5. The van der Waals surface area contributed by atoms with Crippen molar-refractivity contribution in [2.75, 3.05) is 36.5 Å². The van der Waals surface area contributed by atoms with Gasteiger partial charge in [-0.05, 0) is 48.0 Å². The molecule has 2 aromatic carbocycles. The summed E-state index contributed by atoms with van der Waals surface area (Å²) in [5, 5.41) is 13.3. The summed E-state index contributed by atoms with van der Waals surface area (Å²) in [6.07, 6.45) is 5.01. The third kappa shape index (κ3) is 5.36. The molecule has 0 saturated carbocycles. The van der Waals surface area contributed by atoms with Gasteiger partial charge >= 0.3 is 0 Å². The van der Waals surface area contributed by atoms with E-state index < -0.39 is 0 Å². The second-order valence-electron chi connectivity index (χ2n) is 7.75. The van der Waals surface area contributed by atoms with Crippen molar-refractivity contribution in [1.29, 1.82) is 5.26 Å². The van der Waals surface area contributed by atoms with Gasteiger partial charge in [0.05, 0.1) is 25.7 Å². The fourth-order valence-electron chi connectivity index (χ4n) is 3.69. The van der Waals surface area contributed by atoms with Crippen molar-refractivity contribution < 1.29 is 4.74 Å². The standard InChI is InChI=1S/C25H23N7OS/c26-15-22-16-27-18-32(22)17-19-1-7-23(8-2-19)34-24-9-10-28-25(30-24)29-20-3-5-21(6-4-20)31-11-13-33-14-12-31/h1-10,16,18H,11-14,17H2,(H,28,29,30). The predicted molar refractivity (Wildman–Crippen MR) is 131 cm³/mol. The Morgan fingerprint density at radius 2 is 1.82 bits per heavy atom. The minimum atomic E-state index is 0.551. The van der Waals surface area contributed by atoms with Gasteiger partial charge in [-0.3, -0.25) is 0 Å². The van der Waals surface area contributed by atoms with Crippen LogP contribution in [0.1, 0.15) is 11.3 Å². The summed E-state index contributed by atoms with van der Waals surface area (Å²) in [4.78, 5) is 16.4. The molecule has 0 atom stereocenters. The number of ether oxygens (including phenoxy) is 1. The quantitative estimate of drug-likeness (QED) is 0.400. The van der Waals surface area contributed by atoms with E-state index in [1.54, 1.807) is 30.5 Å². The van der Waals surface area contributed by atoms with Crippen molar-refractivity contribution in [2.24, 2.45) is 0 Å². The first-order chi connectivity index (χ1) is 16.8. The molecule has 34 heavy (non-hydrogen) atoms. The van der Waals surface area contributed by atoms with Gasteiger partial charge in [-0.25, -0.2) is 15.0 Å². The van der Waals surface area contributed by atoms with Crippen LogP contribution in [-0.4, -0.2) is 45.8 Å². The largest absolute Gasteiger partial charge is 0.378 e. The fraction of sp³-hybridized carbons (Fsp3) is 0.200. The highest BCUT2D eigenvalue weighted by molar-refractivity contribution is 7.99. The highest BCUT2D eigenvalue weighted by Crippen LogP contribution is 2.27. The third-order valence-corrected chi connectivity index (χ3v) is 6.40. The van der Waals surface area contributed by atoms with Gasteiger partial charge in [0.25, 0.3) is 0 Å². The summed E-state index contributed by atoms with van der Waals surface area (Å²) in [5.41, 5.74) is 3.79. The number of imidazole rings is 1. The van der Waals surface area contributed by atoms with Gasteiger partial charge in [0.2, 0.25) is 5.95 Å². The van der Waals surface area contributed by atoms with Crippen molar-refractivity contribution in [3.8, 4) is 6.07 Å². The summed E-state index contributed by atoms with van der Waals surface area (Å²) >= 11 is 1.58. The minimum Gasteiger partial charge on any atom is -0.378 e. The Kier molecular flexibility index (Phi) is 6.70. The topological polar surface area (TPSA) is 91.9 Å². The Bertz CT molecular complexity index is 1280. The van der Waals surface area contributed by atoms with Crippen molar-refractivity contribution in [2.45, 2.75) is 16.5 Å². The van der Waals surface area contributed by atoms with Gasteiger partial charge in [0.15, 0.2) is 0 Å². The summed E-state index contributed by atoms with van der Waals surface area (Å²) in [6, 6.07) is 20.6.